The lowest BCUT2D eigenvalue weighted by Crippen LogP contribution is -2.25. The van der Waals surface area contributed by atoms with Gasteiger partial charge in [0.15, 0.2) is 12.4 Å². The van der Waals surface area contributed by atoms with Gasteiger partial charge in [0.2, 0.25) is 0 Å². The molecule has 0 unspecified atom stereocenters. The molecule has 4 bridgehead atoms. The van der Waals surface area contributed by atoms with Crippen molar-refractivity contribution in [2.45, 2.75) is 59.8 Å². The van der Waals surface area contributed by atoms with E-state index in [1.165, 1.54) is 54.9 Å². The fraction of sp³-hybridized carbons (Fsp3) is 0.323. The van der Waals surface area contributed by atoms with Crippen molar-refractivity contribution < 1.29 is 4.57 Å². The Morgan fingerprint density at radius 2 is 1.31 bits per heavy atom. The van der Waals surface area contributed by atoms with E-state index < -0.39 is 0 Å². The van der Waals surface area contributed by atoms with Gasteiger partial charge in [0.1, 0.15) is 7.05 Å². The molecule has 0 radical (unpaired) electrons. The first-order valence-corrected chi connectivity index (χ1v) is 11.7. The van der Waals surface area contributed by atoms with Gasteiger partial charge in [-0.25, -0.2) is 4.57 Å². The quantitative estimate of drug-likeness (QED) is 0.287. The maximum absolute atomic E-state index is 2.41. The number of aryl methyl sites for hydroxylation is 3. The van der Waals surface area contributed by atoms with Crippen LogP contribution in [-0.2, 0) is 12.5 Å². The normalized spacial score (nSPS) is 12.0. The summed E-state index contributed by atoms with van der Waals surface area (Å²) in [5, 5.41) is 5.25. The number of fused-ring (bicyclic) bond motifs is 4. The standard InChI is InChI=1S/C31H36N/c1-20(2)26-15-24-9-10-25-17-28(31(5,6)7)19-29(22(25)4)30(18-27(16-26)21(24)3)23-11-13-32(8)14-12-23/h9-20H,1-8H3/q+1. The van der Waals surface area contributed by atoms with Gasteiger partial charge in [0.25, 0.3) is 0 Å². The summed E-state index contributed by atoms with van der Waals surface area (Å²) in [6, 6.07) is 21.0. The van der Waals surface area contributed by atoms with Crippen LogP contribution in [0, 0.1) is 13.8 Å². The van der Waals surface area contributed by atoms with Crippen LogP contribution in [0.4, 0.5) is 0 Å². The van der Waals surface area contributed by atoms with Crippen LogP contribution in [0.5, 0.6) is 0 Å². The second-order valence-corrected chi connectivity index (χ2v) is 10.6. The Kier molecular flexibility index (Phi) is 5.71. The highest BCUT2D eigenvalue weighted by atomic mass is 14.9. The van der Waals surface area contributed by atoms with E-state index in [4.69, 9.17) is 0 Å². The number of hydrogen-bond donors (Lipinski definition) is 0. The molecule has 3 aromatic carbocycles. The summed E-state index contributed by atoms with van der Waals surface area (Å²) in [6.45, 7) is 16.0. The third-order valence-electron chi connectivity index (χ3n) is 6.81. The van der Waals surface area contributed by atoms with Crippen molar-refractivity contribution >= 4 is 21.5 Å². The van der Waals surface area contributed by atoms with Gasteiger partial charge in [-0.15, -0.1) is 0 Å². The number of benzene rings is 2. The monoisotopic (exact) mass is 422 g/mol. The zero-order chi connectivity index (χ0) is 23.2. The minimum Gasteiger partial charge on any atom is -0.208 e. The average molecular weight is 423 g/mol. The Hall–Kier alpha value is -2.93. The van der Waals surface area contributed by atoms with Gasteiger partial charge >= 0.3 is 0 Å². The largest absolute Gasteiger partial charge is 0.208 e. The number of hydrogen-bond acceptors (Lipinski definition) is 0. The number of rotatable bonds is 2. The summed E-state index contributed by atoms with van der Waals surface area (Å²) < 4.78 is 2.10. The van der Waals surface area contributed by atoms with E-state index in [-0.39, 0.29) is 5.41 Å². The van der Waals surface area contributed by atoms with E-state index in [9.17, 15) is 0 Å². The molecule has 0 atom stereocenters. The topological polar surface area (TPSA) is 3.88 Å². The highest BCUT2D eigenvalue weighted by Gasteiger charge is 2.17. The fourth-order valence-corrected chi connectivity index (χ4v) is 4.40. The van der Waals surface area contributed by atoms with Gasteiger partial charge in [0.05, 0.1) is 0 Å². The average Bonchev–Trinajstić information content (AvgIpc) is 2.72. The van der Waals surface area contributed by atoms with E-state index >= 15 is 0 Å². The summed E-state index contributed by atoms with van der Waals surface area (Å²) in [7, 11) is 2.07. The predicted octanol–water partition coefficient (Wildman–Crippen LogP) is 8.08. The van der Waals surface area contributed by atoms with Gasteiger partial charge in [-0.3, -0.25) is 0 Å². The molecule has 0 saturated heterocycles. The molecule has 0 spiro atoms. The zero-order valence-electron chi connectivity index (χ0n) is 20.9. The van der Waals surface area contributed by atoms with Gasteiger partial charge in [-0.05, 0) is 86.2 Å². The summed E-state index contributed by atoms with van der Waals surface area (Å²) in [4.78, 5) is 0. The second-order valence-electron chi connectivity index (χ2n) is 10.6. The molecule has 0 N–H and O–H groups in total. The summed E-state index contributed by atoms with van der Waals surface area (Å²) in [6.07, 6.45) is 4.28. The summed E-state index contributed by atoms with van der Waals surface area (Å²) in [5.74, 6) is 0.490. The van der Waals surface area contributed by atoms with Crippen molar-refractivity contribution in [3.8, 4) is 11.1 Å². The molecule has 0 aliphatic rings. The van der Waals surface area contributed by atoms with Crippen molar-refractivity contribution in [2.24, 2.45) is 7.05 Å². The van der Waals surface area contributed by atoms with Crippen LogP contribution in [-0.4, -0.2) is 0 Å². The lowest BCUT2D eigenvalue weighted by Gasteiger charge is -2.21. The molecule has 4 rings (SSSR count). The molecule has 164 valence electrons. The minimum absolute atomic E-state index is 0.0818. The summed E-state index contributed by atoms with van der Waals surface area (Å²) in [5.41, 5.74) is 8.05. The lowest BCUT2D eigenvalue weighted by atomic mass is 9.83. The van der Waals surface area contributed by atoms with Crippen LogP contribution < -0.4 is 4.57 Å². The van der Waals surface area contributed by atoms with E-state index in [2.05, 4.69) is 127 Å². The van der Waals surface area contributed by atoms with Crippen LogP contribution in [0.3, 0.4) is 0 Å². The van der Waals surface area contributed by atoms with Crippen molar-refractivity contribution in [2.75, 3.05) is 0 Å². The van der Waals surface area contributed by atoms with Gasteiger partial charge < -0.3 is 0 Å². The Labute approximate surface area is 193 Å². The smallest absolute Gasteiger partial charge is 0.169 e. The molecule has 1 heterocycles. The van der Waals surface area contributed by atoms with Crippen molar-refractivity contribution in [3.63, 3.8) is 0 Å². The maximum atomic E-state index is 2.41. The molecule has 0 amide bonds. The minimum atomic E-state index is 0.0818. The number of pyridine rings is 1. The van der Waals surface area contributed by atoms with Crippen LogP contribution in [0.25, 0.3) is 32.7 Å². The fourth-order valence-electron chi connectivity index (χ4n) is 4.40. The molecule has 1 nitrogen and oxygen atoms in total. The zero-order valence-corrected chi connectivity index (χ0v) is 20.9. The highest BCUT2D eigenvalue weighted by Crippen LogP contribution is 2.35. The van der Waals surface area contributed by atoms with Crippen LogP contribution in [0.1, 0.15) is 62.8 Å². The van der Waals surface area contributed by atoms with Crippen molar-refractivity contribution in [3.05, 3.63) is 89.2 Å². The molecule has 32 heavy (non-hydrogen) atoms. The van der Waals surface area contributed by atoms with Crippen LogP contribution >= 0.6 is 0 Å². The first-order valence-electron chi connectivity index (χ1n) is 11.7. The molecule has 4 aromatic rings. The SMILES string of the molecule is Cc1c2ccc3cc(C(C)(C)C)cc(c(-c4cc[n+](C)cc4)cc1cc(C(C)C)c2)c3C. The van der Waals surface area contributed by atoms with Gasteiger partial charge in [-0.2, -0.15) is 0 Å². The summed E-state index contributed by atoms with van der Waals surface area (Å²) >= 11 is 0. The lowest BCUT2D eigenvalue weighted by molar-refractivity contribution is -0.671. The highest BCUT2D eigenvalue weighted by molar-refractivity contribution is 5.93. The Morgan fingerprint density at radius 3 is 1.91 bits per heavy atom. The van der Waals surface area contributed by atoms with E-state index in [0.717, 1.165) is 0 Å². The predicted molar refractivity (Wildman–Crippen MR) is 139 cm³/mol. The first kappa shape index (κ1) is 22.3. The third kappa shape index (κ3) is 4.21. The molecule has 0 aliphatic heterocycles. The van der Waals surface area contributed by atoms with Gasteiger partial charge in [-0.1, -0.05) is 71.0 Å². The van der Waals surface area contributed by atoms with Gasteiger partial charge in [0, 0.05) is 12.1 Å². The molecule has 0 saturated carbocycles. The Balaban J connectivity index is 2.26. The Bertz CT molecular complexity index is 1330. The molecular weight excluding hydrogens is 386 g/mol. The first-order chi connectivity index (χ1) is 15.0. The molecule has 0 aliphatic carbocycles. The maximum Gasteiger partial charge on any atom is 0.169 e. The molecular formula is C31H36N+. The van der Waals surface area contributed by atoms with Crippen molar-refractivity contribution in [1.29, 1.82) is 0 Å². The van der Waals surface area contributed by atoms with Crippen molar-refractivity contribution in [1.82, 2.24) is 0 Å². The Morgan fingerprint density at radius 1 is 0.719 bits per heavy atom. The molecule has 0 fully saturated rings. The second kappa shape index (κ2) is 8.20. The van der Waals surface area contributed by atoms with Crippen LogP contribution in [0.2, 0.25) is 0 Å². The number of nitrogens with zero attached hydrogens (tertiary/aromatic N) is 1. The number of aromatic nitrogens is 1. The molecule has 1 heteroatoms. The third-order valence-corrected chi connectivity index (χ3v) is 6.81. The van der Waals surface area contributed by atoms with E-state index in [1.807, 2.05) is 0 Å². The molecule has 1 aromatic heterocycles. The van der Waals surface area contributed by atoms with E-state index in [0.29, 0.717) is 5.92 Å². The van der Waals surface area contributed by atoms with E-state index in [1.54, 1.807) is 0 Å². The van der Waals surface area contributed by atoms with Crippen LogP contribution in [0.15, 0.2) is 67.0 Å².